The number of carbonyl (C=O) groups is 1. The van der Waals surface area contributed by atoms with Gasteiger partial charge in [0.15, 0.2) is 0 Å². The number of anilines is 1. The lowest BCUT2D eigenvalue weighted by molar-refractivity contribution is -0.120. The molecule has 0 unspecified atom stereocenters. The van der Waals surface area contributed by atoms with Crippen LogP contribution >= 0.6 is 0 Å². The summed E-state index contributed by atoms with van der Waals surface area (Å²) in [6, 6.07) is 13.4. The van der Waals surface area contributed by atoms with Crippen molar-refractivity contribution in [2.75, 3.05) is 18.4 Å². The van der Waals surface area contributed by atoms with E-state index in [2.05, 4.69) is 31.1 Å². The van der Waals surface area contributed by atoms with Gasteiger partial charge in [0.1, 0.15) is 12.1 Å². The summed E-state index contributed by atoms with van der Waals surface area (Å²) in [6.45, 7) is 1.51. The summed E-state index contributed by atoms with van der Waals surface area (Å²) in [5.41, 5.74) is 1.82. The quantitative estimate of drug-likeness (QED) is 0.569. The fourth-order valence-corrected chi connectivity index (χ4v) is 2.46. The molecule has 2 N–H and O–H groups in total. The molecule has 2 heterocycles. The van der Waals surface area contributed by atoms with E-state index in [9.17, 15) is 4.79 Å². The largest absolute Gasteiger partial charge is 0.370 e. The first-order chi connectivity index (χ1) is 12.8. The number of hydrogen-bond acceptors (Lipinski definition) is 6. The van der Waals surface area contributed by atoms with Crippen LogP contribution in [0.25, 0.3) is 5.69 Å². The molecule has 0 bridgehead atoms. The molecule has 0 aliphatic rings. The molecule has 0 spiro atoms. The van der Waals surface area contributed by atoms with Crippen molar-refractivity contribution in [1.29, 1.82) is 0 Å². The Kier molecular flexibility index (Phi) is 6.24. The van der Waals surface area contributed by atoms with Crippen molar-refractivity contribution in [3.8, 4) is 5.69 Å². The van der Waals surface area contributed by atoms with Gasteiger partial charge in [-0.3, -0.25) is 4.79 Å². The highest BCUT2D eigenvalue weighted by Gasteiger charge is 2.04. The fraction of sp³-hybridized carbons (Fsp3) is 0.278. The van der Waals surface area contributed by atoms with Gasteiger partial charge in [0.05, 0.1) is 12.1 Å². The highest BCUT2D eigenvalue weighted by Crippen LogP contribution is 2.08. The van der Waals surface area contributed by atoms with Gasteiger partial charge in [-0.1, -0.05) is 18.2 Å². The Morgan fingerprint density at radius 3 is 2.62 bits per heavy atom. The summed E-state index contributed by atoms with van der Waals surface area (Å²) in [6.07, 6.45) is 5.55. The average Bonchev–Trinajstić information content (AvgIpc) is 3.21. The second-order valence-electron chi connectivity index (χ2n) is 5.80. The van der Waals surface area contributed by atoms with Crippen molar-refractivity contribution in [2.24, 2.45) is 0 Å². The van der Waals surface area contributed by atoms with Crippen LogP contribution in [0.5, 0.6) is 0 Å². The Balaban J connectivity index is 1.31. The van der Waals surface area contributed by atoms with Crippen molar-refractivity contribution in [1.82, 2.24) is 30.5 Å². The summed E-state index contributed by atoms with van der Waals surface area (Å²) >= 11 is 0. The third-order valence-corrected chi connectivity index (χ3v) is 3.81. The summed E-state index contributed by atoms with van der Waals surface area (Å²) < 4.78 is 1.57. The van der Waals surface area contributed by atoms with E-state index < -0.39 is 0 Å². The molecule has 2 aromatic heterocycles. The maximum absolute atomic E-state index is 12.0. The van der Waals surface area contributed by atoms with E-state index >= 15 is 0 Å². The molecule has 0 radical (unpaired) electrons. The van der Waals surface area contributed by atoms with Gasteiger partial charge in [-0.05, 0) is 53.1 Å². The van der Waals surface area contributed by atoms with Crippen LogP contribution < -0.4 is 10.6 Å². The van der Waals surface area contributed by atoms with E-state index in [1.165, 1.54) is 6.33 Å². The van der Waals surface area contributed by atoms with E-state index in [-0.39, 0.29) is 5.91 Å². The number of tetrazole rings is 1. The normalized spacial score (nSPS) is 10.5. The number of nitrogens with zero attached hydrogens (tertiary/aromatic N) is 5. The van der Waals surface area contributed by atoms with Gasteiger partial charge in [-0.2, -0.15) is 0 Å². The minimum atomic E-state index is 0.0258. The average molecular weight is 351 g/mol. The van der Waals surface area contributed by atoms with Crippen molar-refractivity contribution in [3.05, 3.63) is 60.6 Å². The number of amides is 1. The predicted octanol–water partition coefficient (Wildman–Crippen LogP) is 1.61. The zero-order valence-corrected chi connectivity index (χ0v) is 14.4. The highest BCUT2D eigenvalue weighted by molar-refractivity contribution is 5.78. The maximum Gasteiger partial charge on any atom is 0.224 e. The molecule has 0 fully saturated rings. The van der Waals surface area contributed by atoms with Crippen molar-refractivity contribution in [3.63, 3.8) is 0 Å². The van der Waals surface area contributed by atoms with Gasteiger partial charge in [-0.25, -0.2) is 9.67 Å². The number of unbranched alkanes of at least 4 members (excludes halogenated alkanes) is 1. The van der Waals surface area contributed by atoms with Gasteiger partial charge >= 0.3 is 0 Å². The van der Waals surface area contributed by atoms with E-state index in [0.29, 0.717) is 13.0 Å². The zero-order valence-electron chi connectivity index (χ0n) is 14.4. The molecule has 1 amide bonds. The van der Waals surface area contributed by atoms with Crippen LogP contribution in [0.3, 0.4) is 0 Å². The molecule has 0 aliphatic carbocycles. The third-order valence-electron chi connectivity index (χ3n) is 3.81. The van der Waals surface area contributed by atoms with Crippen molar-refractivity contribution >= 4 is 11.7 Å². The number of aromatic nitrogens is 5. The number of benzene rings is 1. The molecule has 8 heteroatoms. The molecule has 134 valence electrons. The van der Waals surface area contributed by atoms with E-state index in [1.54, 1.807) is 10.9 Å². The standard InChI is InChI=1S/C18H21N7O/c26-18(21-12-4-3-11-20-17-5-1-2-10-19-17)13-15-6-8-16(9-7-15)25-14-22-23-24-25/h1-2,5-10,14H,3-4,11-13H2,(H,19,20)(H,21,26). The molecule has 0 aliphatic heterocycles. The fourth-order valence-electron chi connectivity index (χ4n) is 2.46. The predicted molar refractivity (Wildman–Crippen MR) is 97.8 cm³/mol. The lowest BCUT2D eigenvalue weighted by Crippen LogP contribution is -2.26. The van der Waals surface area contributed by atoms with Crippen LogP contribution in [0, 0.1) is 0 Å². The SMILES string of the molecule is O=C(Cc1ccc(-n2cnnn2)cc1)NCCCCNc1ccccn1. The monoisotopic (exact) mass is 351 g/mol. The molecular formula is C18H21N7O. The van der Waals surface area contributed by atoms with Gasteiger partial charge in [0, 0.05) is 19.3 Å². The Hall–Kier alpha value is -3.29. The molecule has 3 rings (SSSR count). The van der Waals surface area contributed by atoms with Gasteiger partial charge < -0.3 is 10.6 Å². The highest BCUT2D eigenvalue weighted by atomic mass is 16.1. The Bertz CT molecular complexity index is 788. The zero-order chi connectivity index (χ0) is 18.0. The van der Waals surface area contributed by atoms with Crippen molar-refractivity contribution in [2.45, 2.75) is 19.3 Å². The molecule has 0 saturated carbocycles. The Labute approximate surface area is 151 Å². The summed E-state index contributed by atoms with van der Waals surface area (Å²) in [5, 5.41) is 17.2. The van der Waals surface area contributed by atoms with E-state index in [1.807, 2.05) is 42.5 Å². The molecule has 8 nitrogen and oxygen atoms in total. The lowest BCUT2D eigenvalue weighted by atomic mass is 10.1. The first-order valence-corrected chi connectivity index (χ1v) is 8.55. The molecule has 1 aromatic carbocycles. The number of pyridine rings is 1. The molecule has 0 atom stereocenters. The molecule has 0 saturated heterocycles. The van der Waals surface area contributed by atoms with Crippen LogP contribution in [0.4, 0.5) is 5.82 Å². The van der Waals surface area contributed by atoms with Gasteiger partial charge in [0.2, 0.25) is 5.91 Å². The molecule has 26 heavy (non-hydrogen) atoms. The van der Waals surface area contributed by atoms with Crippen LogP contribution in [-0.4, -0.2) is 44.2 Å². The number of hydrogen-bond donors (Lipinski definition) is 2. The smallest absolute Gasteiger partial charge is 0.224 e. The van der Waals surface area contributed by atoms with Crippen LogP contribution in [0.2, 0.25) is 0 Å². The third kappa shape index (κ3) is 5.37. The molecular weight excluding hydrogens is 330 g/mol. The first-order valence-electron chi connectivity index (χ1n) is 8.55. The lowest BCUT2D eigenvalue weighted by Gasteiger charge is -2.07. The van der Waals surface area contributed by atoms with E-state index in [4.69, 9.17) is 0 Å². The topological polar surface area (TPSA) is 97.6 Å². The minimum absolute atomic E-state index is 0.0258. The number of nitrogens with one attached hydrogen (secondary N) is 2. The van der Waals surface area contributed by atoms with Gasteiger partial charge in [-0.15, -0.1) is 5.10 Å². The summed E-state index contributed by atoms with van der Waals surface area (Å²) in [7, 11) is 0. The van der Waals surface area contributed by atoms with Crippen molar-refractivity contribution < 1.29 is 4.79 Å². The van der Waals surface area contributed by atoms with Crippen LogP contribution in [0.15, 0.2) is 55.0 Å². The van der Waals surface area contributed by atoms with Gasteiger partial charge in [0.25, 0.3) is 0 Å². The summed E-state index contributed by atoms with van der Waals surface area (Å²) in [5.74, 6) is 0.902. The number of carbonyl (C=O) groups excluding carboxylic acids is 1. The van der Waals surface area contributed by atoms with Crippen LogP contribution in [0.1, 0.15) is 18.4 Å². The number of rotatable bonds is 9. The maximum atomic E-state index is 12.0. The second-order valence-corrected chi connectivity index (χ2v) is 5.80. The Morgan fingerprint density at radius 2 is 1.88 bits per heavy atom. The second kappa shape index (κ2) is 9.26. The minimum Gasteiger partial charge on any atom is -0.370 e. The first kappa shape index (κ1) is 17.5. The van der Waals surface area contributed by atoms with Crippen LogP contribution in [-0.2, 0) is 11.2 Å². The molecule has 3 aromatic rings. The van der Waals surface area contributed by atoms with E-state index in [0.717, 1.165) is 36.5 Å². The Morgan fingerprint density at radius 1 is 1.04 bits per heavy atom. The summed E-state index contributed by atoms with van der Waals surface area (Å²) in [4.78, 5) is 16.2.